The monoisotopic (exact) mass is 553 g/mol. The van der Waals surface area contributed by atoms with Gasteiger partial charge in [-0.15, -0.1) is 35.3 Å². The molecule has 1 aromatic rings. The van der Waals surface area contributed by atoms with Gasteiger partial charge in [-0.3, -0.25) is 9.89 Å². The van der Waals surface area contributed by atoms with Gasteiger partial charge in [0.2, 0.25) is 0 Å². The molecule has 2 N–H and O–H groups in total. The number of morpholine rings is 1. The molecule has 0 radical (unpaired) electrons. The molecule has 2 rings (SSSR count). The largest absolute Gasteiger partial charge is 0.462 e. The zero-order chi connectivity index (χ0) is 21.4. The highest BCUT2D eigenvalue weighted by Gasteiger charge is 2.28. The SMILES string of the molecule is CCNC(=NCC(C)(C)N1CCOCC1)NC(C)c1nc(C)c(C(=O)OCC)s1.I. The molecule has 30 heavy (non-hydrogen) atoms. The molecule has 0 spiro atoms. The van der Waals surface area contributed by atoms with E-state index >= 15 is 0 Å². The molecule has 0 saturated carbocycles. The highest BCUT2D eigenvalue weighted by atomic mass is 127. The summed E-state index contributed by atoms with van der Waals surface area (Å²) in [6.45, 7) is 17.3. The first-order valence-electron chi connectivity index (χ1n) is 10.3. The van der Waals surface area contributed by atoms with Gasteiger partial charge in [-0.2, -0.15) is 0 Å². The van der Waals surface area contributed by atoms with Crippen molar-refractivity contribution in [1.29, 1.82) is 0 Å². The fraction of sp³-hybridized carbons (Fsp3) is 0.750. The van der Waals surface area contributed by atoms with Crippen molar-refractivity contribution in [2.45, 2.75) is 53.1 Å². The van der Waals surface area contributed by atoms with Crippen molar-refractivity contribution in [2.24, 2.45) is 4.99 Å². The van der Waals surface area contributed by atoms with Crippen molar-refractivity contribution in [1.82, 2.24) is 20.5 Å². The number of hydrogen-bond acceptors (Lipinski definition) is 7. The molecule has 10 heteroatoms. The van der Waals surface area contributed by atoms with Crippen molar-refractivity contribution in [2.75, 3.05) is 46.0 Å². The summed E-state index contributed by atoms with van der Waals surface area (Å²) in [7, 11) is 0. The van der Waals surface area contributed by atoms with Crippen LogP contribution in [0.2, 0.25) is 0 Å². The molecule has 1 atom stereocenters. The number of thiazole rings is 1. The summed E-state index contributed by atoms with van der Waals surface area (Å²) >= 11 is 1.37. The van der Waals surface area contributed by atoms with Gasteiger partial charge in [-0.1, -0.05) is 0 Å². The summed E-state index contributed by atoms with van der Waals surface area (Å²) in [5.74, 6) is 0.431. The molecule has 172 valence electrons. The van der Waals surface area contributed by atoms with E-state index in [1.807, 2.05) is 20.8 Å². The molecular weight excluding hydrogens is 517 g/mol. The van der Waals surface area contributed by atoms with Gasteiger partial charge in [0.1, 0.15) is 9.88 Å². The molecule has 0 amide bonds. The average Bonchev–Trinajstić information content (AvgIpc) is 3.09. The first-order chi connectivity index (χ1) is 13.8. The number of ether oxygens (including phenoxy) is 2. The lowest BCUT2D eigenvalue weighted by Crippen LogP contribution is -2.52. The highest BCUT2D eigenvalue weighted by molar-refractivity contribution is 14.0. The normalized spacial score (nSPS) is 16.5. The Balaban J connectivity index is 0.00000450. The summed E-state index contributed by atoms with van der Waals surface area (Å²) in [5.41, 5.74) is 0.650. The minimum absolute atomic E-state index is 0. The predicted octanol–water partition coefficient (Wildman–Crippen LogP) is 2.97. The summed E-state index contributed by atoms with van der Waals surface area (Å²) in [6.07, 6.45) is 0. The van der Waals surface area contributed by atoms with Crippen molar-refractivity contribution >= 4 is 47.2 Å². The number of rotatable bonds is 8. The van der Waals surface area contributed by atoms with E-state index < -0.39 is 0 Å². The molecule has 0 aromatic carbocycles. The Morgan fingerprint density at radius 1 is 1.37 bits per heavy atom. The molecule has 1 fully saturated rings. The van der Waals surface area contributed by atoms with Gasteiger partial charge in [0.25, 0.3) is 0 Å². The number of nitrogens with one attached hydrogen (secondary N) is 2. The summed E-state index contributed by atoms with van der Waals surface area (Å²) in [6, 6.07) is -0.0776. The zero-order valence-corrected chi connectivity index (χ0v) is 22.1. The van der Waals surface area contributed by atoms with Gasteiger partial charge < -0.3 is 20.1 Å². The Bertz CT molecular complexity index is 705. The van der Waals surface area contributed by atoms with E-state index in [9.17, 15) is 4.79 Å². The quantitative estimate of drug-likeness (QED) is 0.222. The van der Waals surface area contributed by atoms with Crippen LogP contribution in [0.25, 0.3) is 0 Å². The summed E-state index contributed by atoms with van der Waals surface area (Å²) in [4.78, 5) is 24.4. The van der Waals surface area contributed by atoms with Crippen molar-refractivity contribution in [3.05, 3.63) is 15.6 Å². The number of carbonyl (C=O) groups excluding carboxylic acids is 1. The van der Waals surface area contributed by atoms with Gasteiger partial charge in [-0.05, 0) is 41.5 Å². The third-order valence-corrected chi connectivity index (χ3v) is 6.15. The first kappa shape index (κ1) is 27.1. The number of aliphatic imine (C=N–C) groups is 1. The molecule has 1 unspecified atom stereocenters. The van der Waals surface area contributed by atoms with E-state index in [2.05, 4.69) is 34.4 Å². The van der Waals surface area contributed by atoms with Gasteiger partial charge in [-0.25, -0.2) is 9.78 Å². The maximum absolute atomic E-state index is 12.1. The molecule has 0 aliphatic carbocycles. The van der Waals surface area contributed by atoms with E-state index in [-0.39, 0.29) is 41.5 Å². The fourth-order valence-electron chi connectivity index (χ4n) is 3.12. The average molecular weight is 554 g/mol. The Morgan fingerprint density at radius 3 is 2.63 bits per heavy atom. The number of esters is 1. The van der Waals surface area contributed by atoms with Gasteiger partial charge in [0.05, 0.1) is 38.1 Å². The standard InChI is InChI=1S/C20H35N5O3S.HI/c1-7-21-19(22-13-20(5,6)25-9-11-27-12-10-25)24-15(4)17-23-14(3)16(29-17)18(26)28-8-2;/h15H,7-13H2,1-6H3,(H2,21,22,24);1H. The third-order valence-electron chi connectivity index (χ3n) is 4.83. The van der Waals surface area contributed by atoms with Crippen LogP contribution in [-0.4, -0.2) is 73.4 Å². The summed E-state index contributed by atoms with van der Waals surface area (Å²) < 4.78 is 10.6. The number of hydrogen-bond donors (Lipinski definition) is 2. The fourth-order valence-corrected chi connectivity index (χ4v) is 4.08. The Morgan fingerprint density at radius 2 is 2.03 bits per heavy atom. The molecule has 1 aromatic heterocycles. The number of halogens is 1. The Kier molecular flexibility index (Phi) is 11.5. The molecule has 8 nitrogen and oxygen atoms in total. The van der Waals surface area contributed by atoms with E-state index in [4.69, 9.17) is 14.5 Å². The van der Waals surface area contributed by atoms with Crippen LogP contribution in [0, 0.1) is 6.92 Å². The van der Waals surface area contributed by atoms with E-state index in [1.165, 1.54) is 11.3 Å². The zero-order valence-electron chi connectivity index (χ0n) is 18.9. The minimum atomic E-state index is -0.311. The number of aromatic nitrogens is 1. The lowest BCUT2D eigenvalue weighted by molar-refractivity contribution is -0.00684. The molecule has 2 heterocycles. The molecule has 1 saturated heterocycles. The number of nitrogens with zero attached hydrogens (tertiary/aromatic N) is 3. The topological polar surface area (TPSA) is 88.1 Å². The lowest BCUT2D eigenvalue weighted by Gasteiger charge is -2.40. The maximum Gasteiger partial charge on any atom is 0.350 e. The van der Waals surface area contributed by atoms with Crippen LogP contribution < -0.4 is 10.6 Å². The second-order valence-corrected chi connectivity index (χ2v) is 8.69. The Labute approximate surface area is 201 Å². The Hall–Kier alpha value is -0.980. The number of carbonyl (C=O) groups is 1. The smallest absolute Gasteiger partial charge is 0.350 e. The second kappa shape index (κ2) is 12.8. The van der Waals surface area contributed by atoms with E-state index in [0.717, 1.165) is 43.8 Å². The van der Waals surface area contributed by atoms with Crippen LogP contribution in [-0.2, 0) is 9.47 Å². The first-order valence-corrected chi connectivity index (χ1v) is 11.1. The number of aryl methyl sites for hydroxylation is 1. The van der Waals surface area contributed by atoms with Crippen molar-refractivity contribution < 1.29 is 14.3 Å². The predicted molar refractivity (Wildman–Crippen MR) is 132 cm³/mol. The van der Waals surface area contributed by atoms with Crippen LogP contribution in [0.4, 0.5) is 0 Å². The van der Waals surface area contributed by atoms with Gasteiger partial charge in [0, 0.05) is 25.2 Å². The van der Waals surface area contributed by atoms with Gasteiger partial charge >= 0.3 is 5.97 Å². The van der Waals surface area contributed by atoms with Crippen LogP contribution >= 0.6 is 35.3 Å². The van der Waals surface area contributed by atoms with Gasteiger partial charge in [0.15, 0.2) is 5.96 Å². The molecule has 0 bridgehead atoms. The van der Waals surface area contributed by atoms with Crippen LogP contribution in [0.5, 0.6) is 0 Å². The summed E-state index contributed by atoms with van der Waals surface area (Å²) in [5, 5.41) is 7.55. The lowest BCUT2D eigenvalue weighted by atomic mass is 10.0. The van der Waals surface area contributed by atoms with Crippen LogP contribution in [0.1, 0.15) is 61.0 Å². The maximum atomic E-state index is 12.1. The highest BCUT2D eigenvalue weighted by Crippen LogP contribution is 2.24. The molecule has 1 aliphatic heterocycles. The number of guanidine groups is 1. The third kappa shape index (κ3) is 7.61. The van der Waals surface area contributed by atoms with Crippen molar-refractivity contribution in [3.63, 3.8) is 0 Å². The van der Waals surface area contributed by atoms with E-state index in [0.29, 0.717) is 23.7 Å². The van der Waals surface area contributed by atoms with Crippen molar-refractivity contribution in [3.8, 4) is 0 Å². The minimum Gasteiger partial charge on any atom is -0.462 e. The van der Waals surface area contributed by atoms with Crippen LogP contribution in [0.3, 0.4) is 0 Å². The van der Waals surface area contributed by atoms with Crippen LogP contribution in [0.15, 0.2) is 4.99 Å². The second-order valence-electron chi connectivity index (χ2n) is 7.66. The molecule has 1 aliphatic rings. The van der Waals surface area contributed by atoms with E-state index in [1.54, 1.807) is 6.92 Å². The molecular formula is C20H36IN5O3S.